The summed E-state index contributed by atoms with van der Waals surface area (Å²) in [4.78, 5) is 11.4. The maximum atomic E-state index is 11.4. The number of hydrogen-bond donors (Lipinski definition) is 2. The maximum Gasteiger partial charge on any atom is 0.241 e. The molecular weight excluding hydrogens is 264 g/mol. The van der Waals surface area contributed by atoms with Crippen molar-refractivity contribution in [1.82, 2.24) is 15.1 Å². The molecule has 0 radical (unpaired) electrons. The summed E-state index contributed by atoms with van der Waals surface area (Å²) in [7, 11) is 1.65. The van der Waals surface area contributed by atoms with Crippen molar-refractivity contribution in [2.24, 2.45) is 5.41 Å². The molecule has 5 nitrogen and oxygen atoms in total. The normalized spacial score (nSPS) is 24.1. The summed E-state index contributed by atoms with van der Waals surface area (Å²) in [6.45, 7) is 0.286. The van der Waals surface area contributed by atoms with E-state index in [1.807, 2.05) is 12.4 Å². The first-order chi connectivity index (χ1) is 10.2. The number of hydrogen-bond acceptors (Lipinski definition) is 3. The number of carbonyl (C=O) groups excluding carboxylic acids is 1. The average Bonchev–Trinajstić information content (AvgIpc) is 3.12. The smallest absolute Gasteiger partial charge is 0.241 e. The SMILES string of the molecule is CNC(=O)Cn1cc(NC2CCCCC23CCCC3)cn1. The van der Waals surface area contributed by atoms with Crippen LogP contribution in [0.15, 0.2) is 12.4 Å². The van der Waals surface area contributed by atoms with Gasteiger partial charge in [0.25, 0.3) is 0 Å². The zero-order valence-corrected chi connectivity index (χ0v) is 12.9. The minimum absolute atomic E-state index is 0.0189. The molecule has 1 unspecified atom stereocenters. The molecule has 21 heavy (non-hydrogen) atoms. The van der Waals surface area contributed by atoms with Crippen molar-refractivity contribution < 1.29 is 4.79 Å². The number of anilines is 1. The number of aromatic nitrogens is 2. The van der Waals surface area contributed by atoms with Gasteiger partial charge in [-0.1, -0.05) is 25.7 Å². The fourth-order valence-corrected chi connectivity index (χ4v) is 4.16. The summed E-state index contributed by atoms with van der Waals surface area (Å²) in [6.07, 6.45) is 14.7. The van der Waals surface area contributed by atoms with Crippen molar-refractivity contribution >= 4 is 11.6 Å². The van der Waals surface area contributed by atoms with Crippen molar-refractivity contribution in [3.8, 4) is 0 Å². The Kier molecular flexibility index (Phi) is 4.17. The summed E-state index contributed by atoms with van der Waals surface area (Å²) in [6, 6.07) is 0.575. The van der Waals surface area contributed by atoms with Crippen LogP contribution in [0.5, 0.6) is 0 Å². The van der Waals surface area contributed by atoms with Crippen LogP contribution in [0.3, 0.4) is 0 Å². The first kappa shape index (κ1) is 14.4. The Morgan fingerprint density at radius 1 is 1.33 bits per heavy atom. The lowest BCUT2D eigenvalue weighted by Crippen LogP contribution is -2.41. The lowest BCUT2D eigenvalue weighted by Gasteiger charge is -2.42. The molecule has 116 valence electrons. The molecule has 2 saturated carbocycles. The summed E-state index contributed by atoms with van der Waals surface area (Å²) in [5.74, 6) is -0.0189. The third kappa shape index (κ3) is 3.06. The predicted molar refractivity (Wildman–Crippen MR) is 83.1 cm³/mol. The molecule has 1 spiro atoms. The second-order valence-corrected chi connectivity index (χ2v) is 6.61. The van der Waals surface area contributed by atoms with Crippen LogP contribution in [0.2, 0.25) is 0 Å². The minimum atomic E-state index is -0.0189. The van der Waals surface area contributed by atoms with E-state index in [-0.39, 0.29) is 12.5 Å². The van der Waals surface area contributed by atoms with E-state index in [2.05, 4.69) is 15.7 Å². The van der Waals surface area contributed by atoms with Crippen molar-refractivity contribution in [3.05, 3.63) is 12.4 Å². The zero-order valence-electron chi connectivity index (χ0n) is 12.9. The Hall–Kier alpha value is -1.52. The molecule has 2 N–H and O–H groups in total. The quantitative estimate of drug-likeness (QED) is 0.896. The van der Waals surface area contributed by atoms with Crippen molar-refractivity contribution in [2.45, 2.75) is 64.0 Å². The molecule has 1 heterocycles. The van der Waals surface area contributed by atoms with E-state index < -0.39 is 0 Å². The van der Waals surface area contributed by atoms with Crippen LogP contribution in [-0.4, -0.2) is 28.8 Å². The largest absolute Gasteiger partial charge is 0.379 e. The van der Waals surface area contributed by atoms with Crippen LogP contribution >= 0.6 is 0 Å². The predicted octanol–water partition coefficient (Wildman–Crippen LogP) is 2.54. The van der Waals surface area contributed by atoms with Gasteiger partial charge in [0.15, 0.2) is 0 Å². The molecule has 1 aromatic heterocycles. The van der Waals surface area contributed by atoms with E-state index in [1.54, 1.807) is 11.7 Å². The molecule has 1 atom stereocenters. The Balaban J connectivity index is 1.66. The van der Waals surface area contributed by atoms with Crippen LogP contribution in [0.25, 0.3) is 0 Å². The maximum absolute atomic E-state index is 11.4. The van der Waals surface area contributed by atoms with Gasteiger partial charge in [0, 0.05) is 19.3 Å². The fraction of sp³-hybridized carbons (Fsp3) is 0.750. The first-order valence-corrected chi connectivity index (χ1v) is 8.21. The molecule has 0 bridgehead atoms. The van der Waals surface area contributed by atoms with E-state index >= 15 is 0 Å². The van der Waals surface area contributed by atoms with Crippen LogP contribution < -0.4 is 10.6 Å². The van der Waals surface area contributed by atoms with Gasteiger partial charge in [0.05, 0.1) is 11.9 Å². The summed E-state index contributed by atoms with van der Waals surface area (Å²) in [5.41, 5.74) is 1.57. The summed E-state index contributed by atoms with van der Waals surface area (Å²) in [5, 5.41) is 10.6. The Morgan fingerprint density at radius 3 is 2.76 bits per heavy atom. The number of nitrogens with one attached hydrogen (secondary N) is 2. The fourth-order valence-electron chi connectivity index (χ4n) is 4.16. The molecule has 0 saturated heterocycles. The van der Waals surface area contributed by atoms with Crippen molar-refractivity contribution in [2.75, 3.05) is 12.4 Å². The van der Waals surface area contributed by atoms with Gasteiger partial charge in [-0.2, -0.15) is 5.10 Å². The van der Waals surface area contributed by atoms with Gasteiger partial charge in [-0.25, -0.2) is 0 Å². The highest BCUT2D eigenvalue weighted by Gasteiger charge is 2.42. The van der Waals surface area contributed by atoms with Crippen molar-refractivity contribution in [3.63, 3.8) is 0 Å². The lowest BCUT2D eigenvalue weighted by atomic mass is 9.69. The van der Waals surface area contributed by atoms with Crippen molar-refractivity contribution in [1.29, 1.82) is 0 Å². The molecule has 3 rings (SSSR count). The monoisotopic (exact) mass is 290 g/mol. The number of carbonyl (C=O) groups is 1. The van der Waals surface area contributed by atoms with E-state index in [1.165, 1.54) is 51.4 Å². The van der Waals surface area contributed by atoms with Crippen LogP contribution in [0.4, 0.5) is 5.69 Å². The highest BCUT2D eigenvalue weighted by molar-refractivity contribution is 5.75. The third-order valence-corrected chi connectivity index (χ3v) is 5.31. The van der Waals surface area contributed by atoms with Crippen LogP contribution in [0, 0.1) is 5.41 Å². The minimum Gasteiger partial charge on any atom is -0.379 e. The highest BCUT2D eigenvalue weighted by atomic mass is 16.1. The van der Waals surface area contributed by atoms with E-state index in [9.17, 15) is 4.79 Å². The molecule has 0 aliphatic heterocycles. The lowest BCUT2D eigenvalue weighted by molar-refractivity contribution is -0.121. The van der Waals surface area contributed by atoms with Gasteiger partial charge in [0.1, 0.15) is 6.54 Å². The molecule has 2 fully saturated rings. The number of likely N-dealkylation sites (N-methyl/N-ethyl adjacent to an activating group) is 1. The average molecular weight is 290 g/mol. The molecule has 2 aliphatic rings. The molecular formula is C16H26N4O. The zero-order chi connectivity index (χ0) is 14.7. The summed E-state index contributed by atoms with van der Waals surface area (Å²) < 4.78 is 1.70. The van der Waals surface area contributed by atoms with Crippen LogP contribution in [-0.2, 0) is 11.3 Å². The van der Waals surface area contributed by atoms with Gasteiger partial charge in [-0.15, -0.1) is 0 Å². The topological polar surface area (TPSA) is 59.0 Å². The molecule has 5 heteroatoms. The van der Waals surface area contributed by atoms with Gasteiger partial charge in [-0.05, 0) is 31.1 Å². The van der Waals surface area contributed by atoms with E-state index in [4.69, 9.17) is 0 Å². The molecule has 1 aromatic rings. The Morgan fingerprint density at radius 2 is 2.05 bits per heavy atom. The standard InChI is InChI=1S/C16H26N4O/c1-17-15(21)12-20-11-13(10-18-20)19-14-6-2-3-7-16(14)8-4-5-9-16/h10-11,14,19H,2-9,12H2,1H3,(H,17,21). The molecule has 2 aliphatic carbocycles. The molecule has 1 amide bonds. The van der Waals surface area contributed by atoms with Gasteiger partial charge in [0.2, 0.25) is 5.91 Å². The highest BCUT2D eigenvalue weighted by Crippen LogP contribution is 2.49. The van der Waals surface area contributed by atoms with Crippen LogP contribution in [0.1, 0.15) is 51.4 Å². The third-order valence-electron chi connectivity index (χ3n) is 5.31. The Labute approximate surface area is 126 Å². The second kappa shape index (κ2) is 6.08. The molecule has 0 aromatic carbocycles. The van der Waals surface area contributed by atoms with Gasteiger partial charge in [-0.3, -0.25) is 9.48 Å². The Bertz CT molecular complexity index is 490. The van der Waals surface area contributed by atoms with Gasteiger partial charge < -0.3 is 10.6 Å². The van der Waals surface area contributed by atoms with E-state index in [0.29, 0.717) is 11.5 Å². The summed E-state index contributed by atoms with van der Waals surface area (Å²) >= 11 is 0. The number of amides is 1. The second-order valence-electron chi connectivity index (χ2n) is 6.61. The number of rotatable bonds is 4. The van der Waals surface area contributed by atoms with Gasteiger partial charge >= 0.3 is 0 Å². The van der Waals surface area contributed by atoms with E-state index in [0.717, 1.165) is 5.69 Å². The first-order valence-electron chi connectivity index (χ1n) is 8.21. The number of nitrogens with zero attached hydrogens (tertiary/aromatic N) is 2.